The average molecular weight is 184 g/mol. The van der Waals surface area contributed by atoms with E-state index >= 15 is 0 Å². The Balaban J connectivity index is 2.59. The van der Waals surface area contributed by atoms with Crippen LogP contribution in [-0.4, -0.2) is 15.5 Å². The number of rotatable bonds is 1. The smallest absolute Gasteiger partial charge is 0.183 e. The lowest BCUT2D eigenvalue weighted by molar-refractivity contribution is 0.413. The van der Waals surface area contributed by atoms with Gasteiger partial charge in [0, 0.05) is 0 Å². The van der Waals surface area contributed by atoms with Crippen LogP contribution in [0.2, 0.25) is 0 Å². The molecular formula is C8H8O3S. The van der Waals surface area contributed by atoms with Gasteiger partial charge in [0.05, 0.1) is 17.8 Å². The van der Waals surface area contributed by atoms with E-state index in [0.29, 0.717) is 10.6 Å². The lowest BCUT2D eigenvalue weighted by Crippen LogP contribution is -2.18. The normalized spacial score (nSPS) is 17.8. The van der Waals surface area contributed by atoms with Gasteiger partial charge in [0.1, 0.15) is 5.75 Å². The van der Waals surface area contributed by atoms with Crippen LogP contribution < -0.4 is 4.74 Å². The molecule has 1 aliphatic heterocycles. The van der Waals surface area contributed by atoms with E-state index in [1.807, 2.05) is 0 Å². The van der Waals surface area contributed by atoms with E-state index < -0.39 is 9.84 Å². The van der Waals surface area contributed by atoms with Crippen LogP contribution in [0.5, 0.6) is 5.75 Å². The molecule has 12 heavy (non-hydrogen) atoms. The van der Waals surface area contributed by atoms with Crippen molar-refractivity contribution in [1.82, 2.24) is 0 Å². The maximum absolute atomic E-state index is 11.1. The molecule has 0 bridgehead atoms. The number of sulfone groups is 1. The number of fused-ring (bicyclic) bond motifs is 1. The monoisotopic (exact) mass is 184 g/mol. The highest BCUT2D eigenvalue weighted by Crippen LogP contribution is 2.33. The maximum Gasteiger partial charge on any atom is 0.183 e. The Bertz CT molecular complexity index is 420. The van der Waals surface area contributed by atoms with Gasteiger partial charge in [-0.2, -0.15) is 0 Å². The van der Waals surface area contributed by atoms with Crippen LogP contribution in [0.1, 0.15) is 5.56 Å². The lowest BCUT2D eigenvalue weighted by Gasteiger charge is -2.19. The molecule has 1 aromatic rings. The second-order valence-corrected chi connectivity index (χ2v) is 4.69. The van der Waals surface area contributed by atoms with Crippen LogP contribution in [0, 0.1) is 0 Å². The molecule has 0 aliphatic carbocycles. The summed E-state index contributed by atoms with van der Waals surface area (Å²) in [5.74, 6) is 0.767. The minimum absolute atomic E-state index is 0.173. The number of benzene rings is 1. The number of ether oxygens (including phenoxy) is 1. The molecule has 4 heteroatoms. The van der Waals surface area contributed by atoms with Gasteiger partial charge >= 0.3 is 0 Å². The first-order chi connectivity index (χ1) is 5.63. The van der Waals surface area contributed by atoms with Crippen molar-refractivity contribution in [3.8, 4) is 5.75 Å². The zero-order valence-corrected chi connectivity index (χ0v) is 7.39. The summed E-state index contributed by atoms with van der Waals surface area (Å²) in [5.41, 5.74) is 0.885. The molecule has 0 spiro atoms. The van der Waals surface area contributed by atoms with Crippen LogP contribution in [0.15, 0.2) is 23.1 Å². The molecule has 0 saturated heterocycles. The molecule has 0 aromatic heterocycles. The first-order valence-corrected chi connectivity index (χ1v) is 5.18. The van der Waals surface area contributed by atoms with Gasteiger partial charge in [-0.25, -0.2) is 8.42 Å². The molecule has 1 aliphatic rings. The van der Waals surface area contributed by atoms with Crippen molar-refractivity contribution in [2.24, 2.45) is 0 Å². The van der Waals surface area contributed by atoms with Gasteiger partial charge in [-0.3, -0.25) is 0 Å². The third kappa shape index (κ3) is 0.914. The van der Waals surface area contributed by atoms with Crippen molar-refractivity contribution in [2.75, 3.05) is 7.11 Å². The molecule has 3 nitrogen and oxygen atoms in total. The fraction of sp³-hybridized carbons (Fsp3) is 0.250. The van der Waals surface area contributed by atoms with Crippen LogP contribution in [0.25, 0.3) is 0 Å². The molecular weight excluding hydrogens is 176 g/mol. The highest BCUT2D eigenvalue weighted by Gasteiger charge is 2.30. The van der Waals surface area contributed by atoms with Gasteiger partial charge in [-0.1, -0.05) is 6.07 Å². The molecule has 0 fully saturated rings. The number of hydrogen-bond donors (Lipinski definition) is 0. The maximum atomic E-state index is 11.1. The van der Waals surface area contributed by atoms with E-state index in [-0.39, 0.29) is 5.75 Å². The molecule has 0 N–H and O–H groups in total. The zero-order chi connectivity index (χ0) is 8.77. The average Bonchev–Trinajstić information content (AvgIpc) is 2.03. The second kappa shape index (κ2) is 2.23. The van der Waals surface area contributed by atoms with Gasteiger partial charge in [-0.05, 0) is 17.7 Å². The molecule has 64 valence electrons. The van der Waals surface area contributed by atoms with Crippen LogP contribution >= 0.6 is 0 Å². The van der Waals surface area contributed by atoms with Crippen molar-refractivity contribution in [2.45, 2.75) is 10.6 Å². The molecule has 1 aromatic carbocycles. The summed E-state index contributed by atoms with van der Waals surface area (Å²) < 4.78 is 27.2. The largest absolute Gasteiger partial charge is 0.497 e. The standard InChI is InChI=1S/C8H8O3S/c1-11-7-3-2-6-5-12(9,10)8(6)4-7/h2-4H,5H2,1H3. The summed E-state index contributed by atoms with van der Waals surface area (Å²) in [6.45, 7) is 0. The molecule has 0 amide bonds. The van der Waals surface area contributed by atoms with E-state index in [9.17, 15) is 8.42 Å². The van der Waals surface area contributed by atoms with Crippen molar-refractivity contribution in [3.05, 3.63) is 23.8 Å². The number of hydrogen-bond acceptors (Lipinski definition) is 3. The zero-order valence-electron chi connectivity index (χ0n) is 6.57. The van der Waals surface area contributed by atoms with E-state index in [4.69, 9.17) is 4.74 Å². The Labute approximate surface area is 70.9 Å². The SMILES string of the molecule is COc1ccc2c(c1)S(=O)(=O)C2. The van der Waals surface area contributed by atoms with Crippen molar-refractivity contribution in [3.63, 3.8) is 0 Å². The summed E-state index contributed by atoms with van der Waals surface area (Å²) in [4.78, 5) is 0.418. The Morgan fingerprint density at radius 1 is 1.42 bits per heavy atom. The predicted octanol–water partition coefficient (Wildman–Crippen LogP) is 0.983. The third-order valence-electron chi connectivity index (χ3n) is 1.95. The van der Waals surface area contributed by atoms with E-state index in [1.165, 1.54) is 7.11 Å². The van der Waals surface area contributed by atoms with Gasteiger partial charge in [-0.15, -0.1) is 0 Å². The molecule has 1 heterocycles. The van der Waals surface area contributed by atoms with Gasteiger partial charge < -0.3 is 4.74 Å². The minimum Gasteiger partial charge on any atom is -0.497 e. The second-order valence-electron chi connectivity index (χ2n) is 2.73. The topological polar surface area (TPSA) is 43.4 Å². The fourth-order valence-electron chi connectivity index (χ4n) is 1.27. The van der Waals surface area contributed by atoms with E-state index in [2.05, 4.69) is 0 Å². The highest BCUT2D eigenvalue weighted by molar-refractivity contribution is 7.92. The van der Waals surface area contributed by atoms with E-state index in [1.54, 1.807) is 18.2 Å². The van der Waals surface area contributed by atoms with Crippen molar-refractivity contribution < 1.29 is 13.2 Å². The Kier molecular flexibility index (Phi) is 1.41. The molecule has 0 radical (unpaired) electrons. The van der Waals surface area contributed by atoms with Crippen LogP contribution in [0.4, 0.5) is 0 Å². The Morgan fingerprint density at radius 3 is 2.75 bits per heavy atom. The first kappa shape index (κ1) is 7.61. The lowest BCUT2D eigenvalue weighted by atomic mass is 10.2. The van der Waals surface area contributed by atoms with Crippen LogP contribution in [0.3, 0.4) is 0 Å². The predicted molar refractivity (Wildman–Crippen MR) is 43.9 cm³/mol. The number of methoxy groups -OCH3 is 1. The Hall–Kier alpha value is -1.03. The molecule has 2 rings (SSSR count). The van der Waals surface area contributed by atoms with E-state index in [0.717, 1.165) is 5.56 Å². The van der Waals surface area contributed by atoms with Gasteiger partial charge in [0.15, 0.2) is 9.84 Å². The quantitative estimate of drug-likeness (QED) is 0.653. The molecule has 0 saturated carbocycles. The molecule has 0 unspecified atom stereocenters. The van der Waals surface area contributed by atoms with Crippen molar-refractivity contribution >= 4 is 9.84 Å². The van der Waals surface area contributed by atoms with Gasteiger partial charge in [0.2, 0.25) is 0 Å². The van der Waals surface area contributed by atoms with Gasteiger partial charge in [0.25, 0.3) is 0 Å². The van der Waals surface area contributed by atoms with Crippen molar-refractivity contribution in [1.29, 1.82) is 0 Å². The summed E-state index contributed by atoms with van der Waals surface area (Å²) >= 11 is 0. The first-order valence-electron chi connectivity index (χ1n) is 3.53. The highest BCUT2D eigenvalue weighted by atomic mass is 32.2. The fourth-order valence-corrected chi connectivity index (χ4v) is 2.68. The summed E-state index contributed by atoms with van der Waals surface area (Å²) in [6, 6.07) is 5.12. The Morgan fingerprint density at radius 2 is 2.17 bits per heavy atom. The van der Waals surface area contributed by atoms with Crippen LogP contribution in [-0.2, 0) is 15.6 Å². The summed E-state index contributed by atoms with van der Waals surface area (Å²) in [6.07, 6.45) is 0. The third-order valence-corrected chi connectivity index (χ3v) is 3.70. The minimum atomic E-state index is -2.95. The summed E-state index contributed by atoms with van der Waals surface area (Å²) in [5, 5.41) is 0. The molecule has 0 atom stereocenters. The summed E-state index contributed by atoms with van der Waals surface area (Å²) in [7, 11) is -1.43.